The Labute approximate surface area is 114 Å². The van der Waals surface area contributed by atoms with Crippen LogP contribution < -0.4 is 5.73 Å². The molecule has 6 nitrogen and oxygen atoms in total. The summed E-state index contributed by atoms with van der Waals surface area (Å²) in [5.74, 6) is -0.341. The van der Waals surface area contributed by atoms with E-state index in [9.17, 15) is 9.59 Å². The largest absolute Gasteiger partial charge is 0.375 e. The molecule has 1 heterocycles. The molecule has 0 saturated carbocycles. The summed E-state index contributed by atoms with van der Waals surface area (Å²) in [4.78, 5) is 26.8. The molecule has 0 aliphatic carbocycles. The van der Waals surface area contributed by atoms with Gasteiger partial charge in [-0.1, -0.05) is 13.3 Å². The standard InChI is InChI=1S/C13H25N3O3/c1-3-4-5-15(9-12(14)17)10-13(18)16-6-7-19-11(2)8-16/h11H,3-10H2,1-2H3,(H2,14,17)/t11-/m0/s1. The first-order valence-electron chi connectivity index (χ1n) is 6.93. The summed E-state index contributed by atoms with van der Waals surface area (Å²) in [6, 6.07) is 0. The number of hydrogen-bond donors (Lipinski definition) is 1. The highest BCUT2D eigenvalue weighted by molar-refractivity contribution is 5.80. The number of nitrogens with zero attached hydrogens (tertiary/aromatic N) is 2. The molecule has 19 heavy (non-hydrogen) atoms. The van der Waals surface area contributed by atoms with Gasteiger partial charge < -0.3 is 15.4 Å². The van der Waals surface area contributed by atoms with Crippen LogP contribution in [0.1, 0.15) is 26.7 Å². The van der Waals surface area contributed by atoms with E-state index >= 15 is 0 Å². The van der Waals surface area contributed by atoms with Crippen molar-refractivity contribution in [2.75, 3.05) is 39.3 Å². The van der Waals surface area contributed by atoms with Crippen molar-refractivity contribution in [1.29, 1.82) is 0 Å². The van der Waals surface area contributed by atoms with Gasteiger partial charge in [0, 0.05) is 13.1 Å². The van der Waals surface area contributed by atoms with E-state index in [2.05, 4.69) is 6.92 Å². The van der Waals surface area contributed by atoms with Crippen molar-refractivity contribution in [2.45, 2.75) is 32.8 Å². The van der Waals surface area contributed by atoms with Crippen molar-refractivity contribution >= 4 is 11.8 Å². The van der Waals surface area contributed by atoms with E-state index in [1.165, 1.54) is 0 Å². The minimum Gasteiger partial charge on any atom is -0.375 e. The maximum atomic E-state index is 12.2. The Morgan fingerprint density at radius 2 is 2.16 bits per heavy atom. The van der Waals surface area contributed by atoms with Crippen LogP contribution in [0.4, 0.5) is 0 Å². The fraction of sp³-hybridized carbons (Fsp3) is 0.846. The maximum absolute atomic E-state index is 12.2. The number of nitrogens with two attached hydrogens (primary N) is 1. The molecule has 2 amide bonds. The second-order valence-electron chi connectivity index (χ2n) is 5.05. The predicted molar refractivity (Wildman–Crippen MR) is 72.5 cm³/mol. The van der Waals surface area contributed by atoms with Crippen LogP contribution in [0.2, 0.25) is 0 Å². The molecule has 2 N–H and O–H groups in total. The first kappa shape index (κ1) is 15.9. The van der Waals surface area contributed by atoms with Crippen LogP contribution in [0.5, 0.6) is 0 Å². The van der Waals surface area contributed by atoms with Gasteiger partial charge in [-0.05, 0) is 19.9 Å². The normalized spacial score (nSPS) is 19.7. The van der Waals surface area contributed by atoms with Gasteiger partial charge in [0.15, 0.2) is 0 Å². The zero-order chi connectivity index (χ0) is 14.3. The van der Waals surface area contributed by atoms with E-state index in [0.29, 0.717) is 19.7 Å². The molecule has 6 heteroatoms. The molecule has 0 radical (unpaired) electrons. The lowest BCUT2D eigenvalue weighted by atomic mass is 10.2. The van der Waals surface area contributed by atoms with Crippen molar-refractivity contribution in [2.24, 2.45) is 5.73 Å². The number of carbonyl (C=O) groups excluding carboxylic acids is 2. The average Bonchev–Trinajstić information content (AvgIpc) is 2.35. The van der Waals surface area contributed by atoms with Gasteiger partial charge in [0.2, 0.25) is 11.8 Å². The van der Waals surface area contributed by atoms with E-state index in [4.69, 9.17) is 10.5 Å². The summed E-state index contributed by atoms with van der Waals surface area (Å²) in [7, 11) is 0. The highest BCUT2D eigenvalue weighted by atomic mass is 16.5. The van der Waals surface area contributed by atoms with Crippen LogP contribution in [-0.4, -0.2) is 67.0 Å². The van der Waals surface area contributed by atoms with E-state index in [-0.39, 0.29) is 31.0 Å². The molecule has 0 unspecified atom stereocenters. The Morgan fingerprint density at radius 3 is 2.74 bits per heavy atom. The van der Waals surface area contributed by atoms with Crippen molar-refractivity contribution in [3.8, 4) is 0 Å². The molecule has 1 atom stereocenters. The molecule has 0 aromatic carbocycles. The van der Waals surface area contributed by atoms with Gasteiger partial charge in [0.1, 0.15) is 0 Å². The number of hydrogen-bond acceptors (Lipinski definition) is 4. The molecule has 0 aromatic rings. The third-order valence-corrected chi connectivity index (χ3v) is 3.16. The number of rotatable bonds is 7. The molecule has 1 rings (SSSR count). The maximum Gasteiger partial charge on any atom is 0.236 e. The van der Waals surface area contributed by atoms with Crippen LogP contribution in [0.3, 0.4) is 0 Å². The molecule has 1 saturated heterocycles. The second-order valence-corrected chi connectivity index (χ2v) is 5.05. The Hall–Kier alpha value is -1.14. The average molecular weight is 271 g/mol. The highest BCUT2D eigenvalue weighted by Crippen LogP contribution is 2.06. The Balaban J connectivity index is 2.46. The summed E-state index contributed by atoms with van der Waals surface area (Å²) in [6.45, 7) is 6.99. The predicted octanol–water partition coefficient (Wildman–Crippen LogP) is -0.179. The number of carbonyl (C=O) groups is 2. The van der Waals surface area contributed by atoms with Crippen molar-refractivity contribution in [3.63, 3.8) is 0 Å². The third-order valence-electron chi connectivity index (χ3n) is 3.16. The number of ether oxygens (including phenoxy) is 1. The minimum atomic E-state index is -0.390. The van der Waals surface area contributed by atoms with E-state index in [0.717, 1.165) is 19.4 Å². The lowest BCUT2D eigenvalue weighted by Gasteiger charge is -2.32. The Morgan fingerprint density at radius 1 is 1.42 bits per heavy atom. The quantitative estimate of drug-likeness (QED) is 0.697. The second kappa shape index (κ2) is 8.12. The molecule has 1 fully saturated rings. The third kappa shape index (κ3) is 6.02. The Kier molecular flexibility index (Phi) is 6.80. The lowest BCUT2D eigenvalue weighted by molar-refractivity contribution is -0.139. The summed E-state index contributed by atoms with van der Waals surface area (Å²) in [6.07, 6.45) is 2.07. The van der Waals surface area contributed by atoms with Gasteiger partial charge in [-0.15, -0.1) is 0 Å². The van der Waals surface area contributed by atoms with Gasteiger partial charge in [0.05, 0.1) is 25.8 Å². The topological polar surface area (TPSA) is 75.9 Å². The molecule has 0 aromatic heterocycles. The van der Waals surface area contributed by atoms with Crippen molar-refractivity contribution < 1.29 is 14.3 Å². The summed E-state index contributed by atoms with van der Waals surface area (Å²) < 4.78 is 5.41. The van der Waals surface area contributed by atoms with Gasteiger partial charge in [0.25, 0.3) is 0 Å². The summed E-state index contributed by atoms with van der Waals surface area (Å²) in [5.41, 5.74) is 5.22. The molecule has 1 aliphatic heterocycles. The van der Waals surface area contributed by atoms with Crippen LogP contribution in [0.25, 0.3) is 0 Å². The first-order chi connectivity index (χ1) is 9.02. The zero-order valence-corrected chi connectivity index (χ0v) is 11.9. The lowest BCUT2D eigenvalue weighted by Crippen LogP contribution is -2.49. The van der Waals surface area contributed by atoms with Gasteiger partial charge in [-0.3, -0.25) is 14.5 Å². The summed E-state index contributed by atoms with van der Waals surface area (Å²) >= 11 is 0. The van der Waals surface area contributed by atoms with Crippen LogP contribution in [-0.2, 0) is 14.3 Å². The van der Waals surface area contributed by atoms with E-state index < -0.39 is 0 Å². The zero-order valence-electron chi connectivity index (χ0n) is 11.9. The SMILES string of the molecule is CCCCN(CC(N)=O)CC(=O)N1CCO[C@@H](C)C1. The Bertz CT molecular complexity index is 310. The van der Waals surface area contributed by atoms with E-state index in [1.807, 2.05) is 11.8 Å². The smallest absolute Gasteiger partial charge is 0.236 e. The molecule has 1 aliphatic rings. The van der Waals surface area contributed by atoms with Crippen molar-refractivity contribution in [1.82, 2.24) is 9.80 Å². The molecular formula is C13H25N3O3. The fourth-order valence-corrected chi connectivity index (χ4v) is 2.15. The number of amides is 2. The van der Waals surface area contributed by atoms with Crippen molar-refractivity contribution in [3.05, 3.63) is 0 Å². The molecular weight excluding hydrogens is 246 g/mol. The number of primary amides is 1. The number of unbranched alkanes of at least 4 members (excludes halogenated alkanes) is 1. The molecule has 110 valence electrons. The van der Waals surface area contributed by atoms with Gasteiger partial charge in [-0.2, -0.15) is 0 Å². The number of morpholine rings is 1. The monoisotopic (exact) mass is 271 g/mol. The van der Waals surface area contributed by atoms with Crippen LogP contribution in [0.15, 0.2) is 0 Å². The van der Waals surface area contributed by atoms with Gasteiger partial charge in [-0.25, -0.2) is 0 Å². The van der Waals surface area contributed by atoms with Gasteiger partial charge >= 0.3 is 0 Å². The van der Waals surface area contributed by atoms with Crippen LogP contribution >= 0.6 is 0 Å². The first-order valence-corrected chi connectivity index (χ1v) is 6.93. The highest BCUT2D eigenvalue weighted by Gasteiger charge is 2.23. The molecule has 0 spiro atoms. The summed E-state index contributed by atoms with van der Waals surface area (Å²) in [5, 5.41) is 0. The minimum absolute atomic E-state index is 0.0486. The fourth-order valence-electron chi connectivity index (χ4n) is 2.15. The molecule has 0 bridgehead atoms. The van der Waals surface area contributed by atoms with E-state index in [1.54, 1.807) is 4.90 Å². The van der Waals surface area contributed by atoms with Crippen LogP contribution in [0, 0.1) is 0 Å².